The highest BCUT2D eigenvalue weighted by atomic mass is 16.2. The van der Waals surface area contributed by atoms with E-state index in [2.05, 4.69) is 37.9 Å². The first-order valence-electron chi connectivity index (χ1n) is 7.91. The molecule has 1 rings (SSSR count). The van der Waals surface area contributed by atoms with E-state index in [0.29, 0.717) is 11.8 Å². The van der Waals surface area contributed by atoms with Gasteiger partial charge < -0.3 is 10.2 Å². The minimum Gasteiger partial charge on any atom is -0.336 e. The van der Waals surface area contributed by atoms with E-state index in [1.54, 1.807) is 0 Å². The number of rotatable bonds is 6. The van der Waals surface area contributed by atoms with Crippen molar-refractivity contribution in [3.05, 3.63) is 0 Å². The van der Waals surface area contributed by atoms with E-state index in [1.807, 2.05) is 7.05 Å². The number of unbranched alkanes of at least 4 members (excludes halogenated alkanes) is 1. The van der Waals surface area contributed by atoms with Crippen molar-refractivity contribution in [1.29, 1.82) is 0 Å². The Hall–Kier alpha value is -0.570. The first kappa shape index (κ1) is 16.5. The number of hydrogen-bond acceptors (Lipinski definition) is 2. The quantitative estimate of drug-likeness (QED) is 0.802. The van der Waals surface area contributed by atoms with E-state index in [0.717, 1.165) is 25.8 Å². The maximum atomic E-state index is 12.7. The highest BCUT2D eigenvalue weighted by molar-refractivity contribution is 5.82. The lowest BCUT2D eigenvalue weighted by Gasteiger charge is -2.40. The van der Waals surface area contributed by atoms with Crippen molar-refractivity contribution < 1.29 is 4.79 Å². The standard InChI is InChI=1S/C16H32N2O/c1-6-7-9-13(2)12-18-15(19)14(17-5)10-8-11-16(18,3)4/h13-14,17H,6-12H2,1-5H3. The molecule has 2 atom stereocenters. The Morgan fingerprint density at radius 3 is 2.74 bits per heavy atom. The van der Waals surface area contributed by atoms with Crippen molar-refractivity contribution in [2.45, 2.75) is 77.8 Å². The van der Waals surface area contributed by atoms with Crippen LogP contribution in [-0.4, -0.2) is 36.0 Å². The van der Waals surface area contributed by atoms with Gasteiger partial charge >= 0.3 is 0 Å². The summed E-state index contributed by atoms with van der Waals surface area (Å²) in [5, 5.41) is 3.19. The van der Waals surface area contributed by atoms with Crippen molar-refractivity contribution >= 4 is 5.91 Å². The van der Waals surface area contributed by atoms with Crippen molar-refractivity contribution in [2.24, 2.45) is 5.92 Å². The predicted molar refractivity (Wildman–Crippen MR) is 81.2 cm³/mol. The topological polar surface area (TPSA) is 32.3 Å². The Morgan fingerprint density at radius 2 is 2.16 bits per heavy atom. The van der Waals surface area contributed by atoms with Gasteiger partial charge in [-0.05, 0) is 52.5 Å². The van der Waals surface area contributed by atoms with Gasteiger partial charge in [0.2, 0.25) is 5.91 Å². The molecule has 0 spiro atoms. The number of nitrogens with zero attached hydrogens (tertiary/aromatic N) is 1. The number of likely N-dealkylation sites (N-methyl/N-ethyl adjacent to an activating group) is 1. The molecule has 3 heteroatoms. The van der Waals surface area contributed by atoms with E-state index < -0.39 is 0 Å². The van der Waals surface area contributed by atoms with Crippen LogP contribution >= 0.6 is 0 Å². The van der Waals surface area contributed by atoms with Crippen molar-refractivity contribution in [2.75, 3.05) is 13.6 Å². The molecular weight excluding hydrogens is 236 g/mol. The molecule has 1 aliphatic rings. The van der Waals surface area contributed by atoms with Gasteiger partial charge in [0.25, 0.3) is 0 Å². The fourth-order valence-electron chi connectivity index (χ4n) is 3.04. The molecule has 1 aliphatic heterocycles. The van der Waals surface area contributed by atoms with Crippen LogP contribution in [0.2, 0.25) is 0 Å². The Morgan fingerprint density at radius 1 is 1.47 bits per heavy atom. The van der Waals surface area contributed by atoms with Crippen LogP contribution in [0.5, 0.6) is 0 Å². The van der Waals surface area contributed by atoms with Gasteiger partial charge in [0, 0.05) is 12.1 Å². The molecule has 2 unspecified atom stereocenters. The molecule has 0 aromatic heterocycles. The highest BCUT2D eigenvalue weighted by Gasteiger charge is 2.37. The largest absolute Gasteiger partial charge is 0.336 e. The van der Waals surface area contributed by atoms with Crippen LogP contribution in [0.25, 0.3) is 0 Å². The minimum atomic E-state index is 0.00313. The maximum absolute atomic E-state index is 12.7. The van der Waals surface area contributed by atoms with Crippen molar-refractivity contribution in [3.8, 4) is 0 Å². The van der Waals surface area contributed by atoms with Crippen LogP contribution in [0.3, 0.4) is 0 Å². The normalized spacial score (nSPS) is 25.2. The predicted octanol–water partition coefficient (Wildman–Crippen LogP) is 3.19. The van der Waals surface area contributed by atoms with Gasteiger partial charge in [-0.15, -0.1) is 0 Å². The van der Waals surface area contributed by atoms with Crippen LogP contribution < -0.4 is 5.32 Å². The number of carbonyl (C=O) groups is 1. The van der Waals surface area contributed by atoms with Crippen molar-refractivity contribution in [1.82, 2.24) is 10.2 Å². The van der Waals surface area contributed by atoms with Crippen LogP contribution in [0.1, 0.15) is 66.2 Å². The molecule has 1 saturated heterocycles. The third-order valence-electron chi connectivity index (χ3n) is 4.47. The smallest absolute Gasteiger partial charge is 0.240 e. The van der Waals surface area contributed by atoms with Gasteiger partial charge in [-0.3, -0.25) is 4.79 Å². The lowest BCUT2D eigenvalue weighted by Crippen LogP contribution is -2.53. The van der Waals surface area contributed by atoms with E-state index in [1.165, 1.54) is 19.3 Å². The lowest BCUT2D eigenvalue weighted by atomic mass is 9.94. The summed E-state index contributed by atoms with van der Waals surface area (Å²) in [6.45, 7) is 9.85. The molecule has 0 aromatic carbocycles. The number of carbonyl (C=O) groups excluding carboxylic acids is 1. The third kappa shape index (κ3) is 4.48. The molecule has 19 heavy (non-hydrogen) atoms. The molecule has 0 bridgehead atoms. The molecule has 0 aliphatic carbocycles. The van der Waals surface area contributed by atoms with Gasteiger partial charge in [-0.1, -0.05) is 26.7 Å². The summed E-state index contributed by atoms with van der Waals surface area (Å²) >= 11 is 0. The third-order valence-corrected chi connectivity index (χ3v) is 4.47. The zero-order valence-corrected chi connectivity index (χ0v) is 13.5. The molecule has 0 saturated carbocycles. The second-order valence-electron chi connectivity index (χ2n) is 6.74. The second kappa shape index (κ2) is 7.28. The molecule has 112 valence electrons. The summed E-state index contributed by atoms with van der Waals surface area (Å²) in [7, 11) is 1.90. The first-order valence-corrected chi connectivity index (χ1v) is 7.91. The average Bonchev–Trinajstić information content (AvgIpc) is 2.46. The second-order valence-corrected chi connectivity index (χ2v) is 6.74. The monoisotopic (exact) mass is 268 g/mol. The summed E-state index contributed by atoms with van der Waals surface area (Å²) in [6, 6.07) is 0.0140. The molecule has 1 heterocycles. The Labute approximate surface area is 119 Å². The SMILES string of the molecule is CCCCC(C)CN1C(=O)C(NC)CCCC1(C)C. The highest BCUT2D eigenvalue weighted by Crippen LogP contribution is 2.29. The summed E-state index contributed by atoms with van der Waals surface area (Å²) < 4.78 is 0. The molecule has 1 fully saturated rings. The number of amides is 1. The molecule has 0 aromatic rings. The zero-order valence-electron chi connectivity index (χ0n) is 13.5. The minimum absolute atomic E-state index is 0.00313. The number of hydrogen-bond donors (Lipinski definition) is 1. The summed E-state index contributed by atoms with van der Waals surface area (Å²) in [5.41, 5.74) is 0.00313. The summed E-state index contributed by atoms with van der Waals surface area (Å²) in [5.74, 6) is 0.895. The Balaban J connectivity index is 2.75. The number of nitrogens with one attached hydrogen (secondary N) is 1. The van der Waals surface area contributed by atoms with Gasteiger partial charge in [-0.2, -0.15) is 0 Å². The first-order chi connectivity index (χ1) is 8.92. The van der Waals surface area contributed by atoms with E-state index >= 15 is 0 Å². The van der Waals surface area contributed by atoms with Crippen LogP contribution in [-0.2, 0) is 4.79 Å². The van der Waals surface area contributed by atoms with E-state index in [4.69, 9.17) is 0 Å². The zero-order chi connectivity index (χ0) is 14.5. The van der Waals surface area contributed by atoms with Gasteiger partial charge in [0.15, 0.2) is 0 Å². The Kier molecular flexibility index (Phi) is 6.31. The Bertz CT molecular complexity index is 288. The lowest BCUT2D eigenvalue weighted by molar-refractivity contribution is -0.138. The maximum Gasteiger partial charge on any atom is 0.240 e. The van der Waals surface area contributed by atoms with E-state index in [9.17, 15) is 4.79 Å². The van der Waals surface area contributed by atoms with Gasteiger partial charge in [-0.25, -0.2) is 0 Å². The fraction of sp³-hybridized carbons (Fsp3) is 0.938. The number of likely N-dealkylation sites (tertiary alicyclic amines) is 1. The average molecular weight is 268 g/mol. The fourth-order valence-corrected chi connectivity index (χ4v) is 3.04. The summed E-state index contributed by atoms with van der Waals surface area (Å²) in [6.07, 6.45) is 6.93. The molecule has 1 N–H and O–H groups in total. The van der Waals surface area contributed by atoms with Gasteiger partial charge in [0.05, 0.1) is 6.04 Å². The molecule has 0 radical (unpaired) electrons. The molecular formula is C16H32N2O. The van der Waals surface area contributed by atoms with Gasteiger partial charge in [0.1, 0.15) is 0 Å². The van der Waals surface area contributed by atoms with Crippen LogP contribution in [0.15, 0.2) is 0 Å². The molecule has 1 amide bonds. The molecule has 3 nitrogen and oxygen atoms in total. The van der Waals surface area contributed by atoms with Crippen LogP contribution in [0, 0.1) is 5.92 Å². The van der Waals surface area contributed by atoms with Crippen LogP contribution in [0.4, 0.5) is 0 Å². The summed E-state index contributed by atoms with van der Waals surface area (Å²) in [4.78, 5) is 14.8. The van der Waals surface area contributed by atoms with Crippen molar-refractivity contribution in [3.63, 3.8) is 0 Å². The van der Waals surface area contributed by atoms with E-state index in [-0.39, 0.29) is 11.6 Å².